The second-order valence-corrected chi connectivity index (χ2v) is 6.18. The molecular formula is C13H12BrN3O2S. The molecule has 0 atom stereocenters. The average molecular weight is 354 g/mol. The fourth-order valence-electron chi connectivity index (χ4n) is 1.44. The number of hydrogen-bond acceptors (Lipinski definition) is 5. The van der Waals surface area contributed by atoms with Gasteiger partial charge in [0.2, 0.25) is 0 Å². The molecule has 0 fully saturated rings. The first-order valence-electron chi connectivity index (χ1n) is 5.87. The summed E-state index contributed by atoms with van der Waals surface area (Å²) in [5.74, 6) is -0.468. The van der Waals surface area contributed by atoms with Crippen LogP contribution in [0.5, 0.6) is 0 Å². The predicted molar refractivity (Wildman–Crippen MR) is 79.1 cm³/mol. The number of carboxylic acids is 1. The molecular weight excluding hydrogens is 342 g/mol. The molecule has 20 heavy (non-hydrogen) atoms. The van der Waals surface area contributed by atoms with E-state index in [1.165, 1.54) is 18.0 Å². The molecule has 0 saturated heterocycles. The van der Waals surface area contributed by atoms with Gasteiger partial charge in [-0.15, -0.1) is 0 Å². The molecule has 0 aliphatic rings. The summed E-state index contributed by atoms with van der Waals surface area (Å²) in [6.45, 7) is 3.84. The zero-order valence-corrected chi connectivity index (χ0v) is 13.3. The molecule has 0 radical (unpaired) electrons. The third kappa shape index (κ3) is 3.34. The lowest BCUT2D eigenvalue weighted by Crippen LogP contribution is -2.08. The van der Waals surface area contributed by atoms with Crippen molar-refractivity contribution in [1.29, 1.82) is 0 Å². The van der Waals surface area contributed by atoms with E-state index in [1.54, 1.807) is 12.3 Å². The van der Waals surface area contributed by atoms with Crippen LogP contribution in [0.2, 0.25) is 0 Å². The van der Waals surface area contributed by atoms with Gasteiger partial charge >= 0.3 is 5.97 Å². The number of carboxylic acid groups (broad SMARTS) is 1. The largest absolute Gasteiger partial charge is 0.476 e. The van der Waals surface area contributed by atoms with Gasteiger partial charge < -0.3 is 5.11 Å². The first-order valence-corrected chi connectivity index (χ1v) is 7.48. The molecule has 2 heterocycles. The maximum atomic E-state index is 11.3. The topological polar surface area (TPSA) is 76.0 Å². The normalized spacial score (nSPS) is 10.8. The quantitative estimate of drug-likeness (QED) is 0.904. The van der Waals surface area contributed by atoms with E-state index in [2.05, 4.69) is 30.9 Å². The Morgan fingerprint density at radius 3 is 2.75 bits per heavy atom. The molecule has 0 saturated carbocycles. The van der Waals surface area contributed by atoms with Crippen molar-refractivity contribution < 1.29 is 9.90 Å². The Bertz CT molecular complexity index is 649. The molecule has 2 rings (SSSR count). The van der Waals surface area contributed by atoms with Gasteiger partial charge in [-0.1, -0.05) is 25.6 Å². The lowest BCUT2D eigenvalue weighted by Gasteiger charge is -2.09. The van der Waals surface area contributed by atoms with E-state index in [0.717, 1.165) is 4.47 Å². The third-order valence-electron chi connectivity index (χ3n) is 2.42. The summed E-state index contributed by atoms with van der Waals surface area (Å²) in [5.41, 5.74) is 0.00579. The van der Waals surface area contributed by atoms with Crippen molar-refractivity contribution in [2.75, 3.05) is 0 Å². The number of aromatic nitrogens is 3. The Morgan fingerprint density at radius 2 is 2.15 bits per heavy atom. The Hall–Kier alpha value is -1.47. The summed E-state index contributed by atoms with van der Waals surface area (Å²) in [6.07, 6.45) is 3.19. The van der Waals surface area contributed by atoms with Crippen LogP contribution in [0.15, 0.2) is 38.9 Å². The lowest BCUT2D eigenvalue weighted by molar-refractivity contribution is 0.0685. The van der Waals surface area contributed by atoms with Crippen LogP contribution >= 0.6 is 27.7 Å². The molecule has 0 aliphatic heterocycles. The number of pyridine rings is 1. The number of nitrogens with zero attached hydrogens (tertiary/aromatic N) is 3. The van der Waals surface area contributed by atoms with E-state index >= 15 is 0 Å². The molecule has 1 N–H and O–H groups in total. The number of hydrogen-bond donors (Lipinski definition) is 1. The molecule has 7 heteroatoms. The Kier molecular flexibility index (Phi) is 4.72. The van der Waals surface area contributed by atoms with Gasteiger partial charge in [-0.3, -0.25) is 0 Å². The molecule has 0 unspecified atom stereocenters. The monoisotopic (exact) mass is 353 g/mol. The molecule has 0 bridgehead atoms. The van der Waals surface area contributed by atoms with Crippen molar-refractivity contribution in [2.45, 2.75) is 29.7 Å². The fourth-order valence-corrected chi connectivity index (χ4v) is 2.76. The van der Waals surface area contributed by atoms with E-state index in [-0.39, 0.29) is 11.6 Å². The maximum Gasteiger partial charge on any atom is 0.355 e. The van der Waals surface area contributed by atoms with Crippen molar-refractivity contribution in [2.24, 2.45) is 0 Å². The summed E-state index contributed by atoms with van der Waals surface area (Å²) in [4.78, 5) is 24.3. The van der Waals surface area contributed by atoms with Gasteiger partial charge in [0.1, 0.15) is 10.9 Å². The fraction of sp³-hybridized carbons (Fsp3) is 0.231. The molecule has 0 spiro atoms. The zero-order valence-electron chi connectivity index (χ0n) is 10.9. The minimum atomic E-state index is -1.07. The molecule has 0 aliphatic carbocycles. The van der Waals surface area contributed by atoms with Gasteiger partial charge in [0.05, 0.1) is 9.37 Å². The van der Waals surface area contributed by atoms with Crippen LogP contribution < -0.4 is 0 Å². The van der Waals surface area contributed by atoms with Gasteiger partial charge in [-0.25, -0.2) is 19.7 Å². The molecule has 0 aromatic carbocycles. The van der Waals surface area contributed by atoms with Crippen molar-refractivity contribution >= 4 is 33.7 Å². The molecule has 2 aromatic rings. The van der Waals surface area contributed by atoms with E-state index in [4.69, 9.17) is 0 Å². The van der Waals surface area contributed by atoms with Gasteiger partial charge in [0.15, 0.2) is 5.69 Å². The second-order valence-electron chi connectivity index (χ2n) is 4.29. The highest BCUT2D eigenvalue weighted by Gasteiger charge is 2.17. The van der Waals surface area contributed by atoms with Crippen LogP contribution in [-0.4, -0.2) is 26.0 Å². The lowest BCUT2D eigenvalue weighted by atomic mass is 10.2. The first-order chi connectivity index (χ1) is 9.49. The van der Waals surface area contributed by atoms with Gasteiger partial charge in [0.25, 0.3) is 0 Å². The molecule has 104 valence electrons. The average Bonchev–Trinajstić information content (AvgIpc) is 2.41. The van der Waals surface area contributed by atoms with E-state index in [9.17, 15) is 9.90 Å². The van der Waals surface area contributed by atoms with Crippen LogP contribution in [0.1, 0.15) is 36.1 Å². The predicted octanol–water partition coefficient (Wildman–Crippen LogP) is 3.61. The zero-order chi connectivity index (χ0) is 14.7. The van der Waals surface area contributed by atoms with Gasteiger partial charge in [-0.2, -0.15) is 0 Å². The highest BCUT2D eigenvalue weighted by molar-refractivity contribution is 9.10. The number of halogens is 1. The molecule has 5 nitrogen and oxygen atoms in total. The Morgan fingerprint density at radius 1 is 1.40 bits per heavy atom. The van der Waals surface area contributed by atoms with Gasteiger partial charge in [0, 0.05) is 18.3 Å². The summed E-state index contributed by atoms with van der Waals surface area (Å²) in [7, 11) is 0. The third-order valence-corrected chi connectivity index (χ3v) is 4.36. The van der Waals surface area contributed by atoms with Crippen LogP contribution in [0.25, 0.3) is 0 Å². The summed E-state index contributed by atoms with van der Waals surface area (Å²) < 4.78 is 0.800. The number of carbonyl (C=O) groups is 1. The SMILES string of the molecule is CC(C)c1ncc(Sc2ncccc2Br)c(C(=O)O)n1. The summed E-state index contributed by atoms with van der Waals surface area (Å²) in [6, 6.07) is 3.64. The Balaban J connectivity index is 2.41. The van der Waals surface area contributed by atoms with E-state index in [0.29, 0.717) is 15.7 Å². The maximum absolute atomic E-state index is 11.3. The minimum Gasteiger partial charge on any atom is -0.476 e. The smallest absolute Gasteiger partial charge is 0.355 e. The van der Waals surface area contributed by atoms with Crippen LogP contribution in [0.3, 0.4) is 0 Å². The van der Waals surface area contributed by atoms with Crippen molar-refractivity contribution in [3.05, 3.63) is 40.5 Å². The molecule has 0 amide bonds. The number of aromatic carboxylic acids is 1. The Labute approximate surface area is 129 Å². The van der Waals surface area contributed by atoms with Crippen molar-refractivity contribution in [3.8, 4) is 0 Å². The van der Waals surface area contributed by atoms with Crippen LogP contribution in [0.4, 0.5) is 0 Å². The highest BCUT2D eigenvalue weighted by atomic mass is 79.9. The number of rotatable bonds is 4. The van der Waals surface area contributed by atoms with Crippen molar-refractivity contribution in [3.63, 3.8) is 0 Å². The highest BCUT2D eigenvalue weighted by Crippen LogP contribution is 2.33. The summed E-state index contributed by atoms with van der Waals surface area (Å²) in [5, 5.41) is 9.96. The summed E-state index contributed by atoms with van der Waals surface area (Å²) >= 11 is 4.61. The van der Waals surface area contributed by atoms with E-state index < -0.39 is 5.97 Å². The van der Waals surface area contributed by atoms with E-state index in [1.807, 2.05) is 19.9 Å². The van der Waals surface area contributed by atoms with Crippen LogP contribution in [-0.2, 0) is 0 Å². The standard InChI is InChI=1S/C13H12BrN3O2S/c1-7(2)11-16-6-9(10(17-11)13(18)19)20-12-8(14)4-3-5-15-12/h3-7H,1-2H3,(H,18,19). The van der Waals surface area contributed by atoms with Gasteiger partial charge in [-0.05, 0) is 28.1 Å². The van der Waals surface area contributed by atoms with Crippen LogP contribution in [0, 0.1) is 0 Å². The minimum absolute atomic E-state index is 0.00579. The first kappa shape index (κ1) is 14.9. The second kappa shape index (κ2) is 6.32. The van der Waals surface area contributed by atoms with Crippen molar-refractivity contribution in [1.82, 2.24) is 15.0 Å². The molecule has 2 aromatic heterocycles.